The monoisotopic (exact) mass is 282 g/mol. The number of carbonyl (C=O) groups is 1. The van der Waals surface area contributed by atoms with E-state index in [2.05, 4.69) is 23.9 Å². The number of rotatable bonds is 5. The van der Waals surface area contributed by atoms with Gasteiger partial charge < -0.3 is 0 Å². The molecule has 2 heterocycles. The molecule has 0 aliphatic carbocycles. The van der Waals surface area contributed by atoms with Crippen LogP contribution in [0, 0.1) is 5.92 Å². The molecular formula is C13H22N4OS. The van der Waals surface area contributed by atoms with Crippen LogP contribution in [0.4, 0.5) is 5.95 Å². The van der Waals surface area contributed by atoms with Gasteiger partial charge in [0.15, 0.2) is 0 Å². The Morgan fingerprint density at radius 2 is 2.37 bits per heavy atom. The van der Waals surface area contributed by atoms with Crippen LogP contribution < -0.4 is 4.90 Å². The van der Waals surface area contributed by atoms with Crippen molar-refractivity contribution in [3.8, 4) is 0 Å². The van der Waals surface area contributed by atoms with Gasteiger partial charge in [-0.15, -0.1) is 11.8 Å². The minimum Gasteiger partial charge on any atom is -0.280 e. The normalized spacial score (nSPS) is 20.2. The highest BCUT2D eigenvalue weighted by Crippen LogP contribution is 2.24. The summed E-state index contributed by atoms with van der Waals surface area (Å²) in [5, 5.41) is 4.17. The molecule has 0 fully saturated rings. The van der Waals surface area contributed by atoms with E-state index in [-0.39, 0.29) is 11.2 Å². The molecule has 1 amide bonds. The fourth-order valence-corrected chi connectivity index (χ4v) is 3.30. The number of unbranched alkanes of at least 4 members (excludes halogenated alkanes) is 1. The van der Waals surface area contributed by atoms with Crippen molar-refractivity contribution in [3.05, 3.63) is 6.33 Å². The number of aromatic nitrogens is 3. The molecule has 0 spiro atoms. The lowest BCUT2D eigenvalue weighted by molar-refractivity contribution is -0.118. The van der Waals surface area contributed by atoms with E-state index >= 15 is 0 Å². The molecule has 0 saturated heterocycles. The number of hydrogen-bond donors (Lipinski definition) is 0. The molecule has 106 valence electrons. The molecule has 5 nitrogen and oxygen atoms in total. The van der Waals surface area contributed by atoms with Gasteiger partial charge >= 0.3 is 0 Å². The first-order valence-corrected chi connectivity index (χ1v) is 7.99. The third-order valence-corrected chi connectivity index (χ3v) is 4.52. The van der Waals surface area contributed by atoms with Crippen molar-refractivity contribution in [1.29, 1.82) is 0 Å². The van der Waals surface area contributed by atoms with Crippen LogP contribution >= 0.6 is 11.8 Å². The Kier molecular flexibility index (Phi) is 4.85. The van der Waals surface area contributed by atoms with Crippen molar-refractivity contribution < 1.29 is 4.79 Å². The zero-order valence-corrected chi connectivity index (χ0v) is 12.7. The zero-order valence-electron chi connectivity index (χ0n) is 11.9. The Morgan fingerprint density at radius 3 is 3.11 bits per heavy atom. The first-order valence-electron chi connectivity index (χ1n) is 6.94. The van der Waals surface area contributed by atoms with Gasteiger partial charge in [0.05, 0.1) is 5.25 Å². The van der Waals surface area contributed by atoms with Gasteiger partial charge in [-0.25, -0.2) is 4.68 Å². The van der Waals surface area contributed by atoms with Crippen molar-refractivity contribution in [2.24, 2.45) is 5.92 Å². The highest BCUT2D eigenvalue weighted by molar-refractivity contribution is 8.00. The third-order valence-electron chi connectivity index (χ3n) is 3.29. The van der Waals surface area contributed by atoms with E-state index in [1.807, 2.05) is 11.6 Å². The predicted molar refractivity (Wildman–Crippen MR) is 78.4 cm³/mol. The number of hydrogen-bond acceptors (Lipinski definition) is 4. The predicted octanol–water partition coefficient (Wildman–Crippen LogP) is 2.18. The molecule has 1 aromatic rings. The Labute approximate surface area is 118 Å². The lowest BCUT2D eigenvalue weighted by Crippen LogP contribution is -2.45. The average molecular weight is 282 g/mol. The summed E-state index contributed by atoms with van der Waals surface area (Å²) in [5.41, 5.74) is 0. The second-order valence-electron chi connectivity index (χ2n) is 5.16. The Bertz CT molecular complexity index is 434. The van der Waals surface area contributed by atoms with Crippen molar-refractivity contribution in [1.82, 2.24) is 14.8 Å². The third kappa shape index (κ3) is 3.29. The summed E-state index contributed by atoms with van der Waals surface area (Å²) >= 11 is 1.73. The Hall–Kier alpha value is -1.04. The lowest BCUT2D eigenvalue weighted by atomic mass is 10.1. The topological polar surface area (TPSA) is 51.0 Å². The standard InChI is InChI=1S/C13H22N4OS/c1-4-5-6-19-11(3)12(18)16-7-10(2)8-17-13(16)14-9-15-17/h9-11H,4-8H2,1-3H3. The van der Waals surface area contributed by atoms with Crippen LogP contribution in [0.25, 0.3) is 0 Å². The molecule has 1 aliphatic heterocycles. The summed E-state index contributed by atoms with van der Waals surface area (Å²) < 4.78 is 1.83. The first-order chi connectivity index (χ1) is 9.13. The van der Waals surface area contributed by atoms with Gasteiger partial charge in [0.25, 0.3) is 0 Å². The maximum absolute atomic E-state index is 12.5. The fourth-order valence-electron chi connectivity index (χ4n) is 2.23. The summed E-state index contributed by atoms with van der Waals surface area (Å²) in [7, 11) is 0. The summed E-state index contributed by atoms with van der Waals surface area (Å²) in [6.07, 6.45) is 3.86. The average Bonchev–Trinajstić information content (AvgIpc) is 2.85. The van der Waals surface area contributed by atoms with Crippen LogP contribution in [0.15, 0.2) is 6.33 Å². The second-order valence-corrected chi connectivity index (χ2v) is 6.61. The SMILES string of the molecule is CCCCSC(C)C(=O)N1CC(C)Cn2ncnc21. The molecule has 0 N–H and O–H groups in total. The summed E-state index contributed by atoms with van der Waals surface area (Å²) in [5.74, 6) is 2.32. The van der Waals surface area contributed by atoms with E-state index in [1.54, 1.807) is 16.7 Å². The molecular weight excluding hydrogens is 260 g/mol. The number of thioether (sulfide) groups is 1. The van der Waals surface area contributed by atoms with E-state index < -0.39 is 0 Å². The van der Waals surface area contributed by atoms with E-state index in [0.717, 1.165) is 25.3 Å². The van der Waals surface area contributed by atoms with Crippen LogP contribution in [0.2, 0.25) is 0 Å². The van der Waals surface area contributed by atoms with Crippen LogP contribution in [-0.4, -0.2) is 38.2 Å². The number of nitrogens with zero attached hydrogens (tertiary/aromatic N) is 4. The minimum atomic E-state index is -0.0120. The lowest BCUT2D eigenvalue weighted by Gasteiger charge is -2.31. The number of amides is 1. The van der Waals surface area contributed by atoms with E-state index in [9.17, 15) is 4.79 Å². The molecule has 0 radical (unpaired) electrons. The second kappa shape index (κ2) is 6.41. The van der Waals surface area contributed by atoms with Gasteiger partial charge in [-0.3, -0.25) is 9.69 Å². The zero-order chi connectivity index (χ0) is 13.8. The molecule has 0 bridgehead atoms. The Balaban J connectivity index is 2.03. The highest BCUT2D eigenvalue weighted by Gasteiger charge is 2.30. The summed E-state index contributed by atoms with van der Waals surface area (Å²) in [4.78, 5) is 18.5. The summed E-state index contributed by atoms with van der Waals surface area (Å²) in [6, 6.07) is 0. The van der Waals surface area contributed by atoms with Gasteiger partial charge in [-0.05, 0) is 25.0 Å². The van der Waals surface area contributed by atoms with Crippen LogP contribution in [0.1, 0.15) is 33.6 Å². The van der Waals surface area contributed by atoms with Gasteiger partial charge in [-0.1, -0.05) is 20.3 Å². The van der Waals surface area contributed by atoms with Crippen LogP contribution in [-0.2, 0) is 11.3 Å². The number of anilines is 1. The fraction of sp³-hybridized carbons (Fsp3) is 0.769. The molecule has 2 rings (SSSR count). The maximum atomic E-state index is 12.5. The van der Waals surface area contributed by atoms with Gasteiger partial charge in [0.1, 0.15) is 6.33 Å². The van der Waals surface area contributed by atoms with Crippen LogP contribution in [0.5, 0.6) is 0 Å². The molecule has 0 saturated carbocycles. The maximum Gasteiger partial charge on any atom is 0.242 e. The van der Waals surface area contributed by atoms with Crippen molar-refractivity contribution in [2.75, 3.05) is 17.2 Å². The minimum absolute atomic E-state index is 0.0120. The van der Waals surface area contributed by atoms with Crippen molar-refractivity contribution in [3.63, 3.8) is 0 Å². The highest BCUT2D eigenvalue weighted by atomic mass is 32.2. The number of carbonyl (C=O) groups excluding carboxylic acids is 1. The molecule has 1 aromatic heterocycles. The molecule has 0 aromatic carbocycles. The van der Waals surface area contributed by atoms with Gasteiger partial charge in [-0.2, -0.15) is 10.1 Å². The van der Waals surface area contributed by atoms with E-state index in [0.29, 0.717) is 11.9 Å². The van der Waals surface area contributed by atoms with E-state index in [4.69, 9.17) is 0 Å². The first kappa shape index (κ1) is 14.4. The molecule has 1 aliphatic rings. The largest absolute Gasteiger partial charge is 0.280 e. The van der Waals surface area contributed by atoms with Crippen molar-refractivity contribution >= 4 is 23.6 Å². The van der Waals surface area contributed by atoms with Crippen molar-refractivity contribution in [2.45, 2.75) is 45.4 Å². The quantitative estimate of drug-likeness (QED) is 0.777. The Morgan fingerprint density at radius 1 is 1.58 bits per heavy atom. The molecule has 2 atom stereocenters. The van der Waals surface area contributed by atoms with Gasteiger partial charge in [0.2, 0.25) is 11.9 Å². The van der Waals surface area contributed by atoms with Gasteiger partial charge in [0, 0.05) is 13.1 Å². The van der Waals surface area contributed by atoms with Crippen LogP contribution in [0.3, 0.4) is 0 Å². The smallest absolute Gasteiger partial charge is 0.242 e. The number of fused-ring (bicyclic) bond motifs is 1. The molecule has 2 unspecified atom stereocenters. The summed E-state index contributed by atoms with van der Waals surface area (Å²) in [6.45, 7) is 7.89. The molecule has 6 heteroatoms. The molecule has 19 heavy (non-hydrogen) atoms. The van der Waals surface area contributed by atoms with E-state index in [1.165, 1.54) is 12.7 Å².